The van der Waals surface area contributed by atoms with Crippen LogP contribution in [0.3, 0.4) is 0 Å². The molecule has 0 aromatic rings. The minimum atomic E-state index is 0.292. The van der Waals surface area contributed by atoms with Gasteiger partial charge in [-0.1, -0.05) is 40.5 Å². The standard InChI is InChI=1S/C6H11N.2C4H10O/c1-3-6(4-2)5-7;2*1-2-3-4-5/h6H,3-4H2,1-2H3;2*5H,2-4H2,1H3. The first-order chi connectivity index (χ1) is 8.17. The van der Waals surface area contributed by atoms with Crippen molar-refractivity contribution in [3.05, 3.63) is 0 Å². The summed E-state index contributed by atoms with van der Waals surface area (Å²) in [5.41, 5.74) is 0. The van der Waals surface area contributed by atoms with Crippen LogP contribution in [-0.2, 0) is 0 Å². The molecular formula is C14H31NO2. The largest absolute Gasteiger partial charge is 0.396 e. The molecule has 0 heterocycles. The summed E-state index contributed by atoms with van der Waals surface area (Å²) < 4.78 is 0. The molecule has 17 heavy (non-hydrogen) atoms. The molecule has 0 aromatic carbocycles. The molecule has 0 amide bonds. The first kappa shape index (κ1) is 21.7. The van der Waals surface area contributed by atoms with Gasteiger partial charge in [-0.15, -0.1) is 0 Å². The second kappa shape index (κ2) is 24.6. The average Bonchev–Trinajstić information content (AvgIpc) is 2.35. The summed E-state index contributed by atoms with van der Waals surface area (Å²) in [7, 11) is 0. The summed E-state index contributed by atoms with van der Waals surface area (Å²) in [5, 5.41) is 24.4. The number of nitriles is 1. The van der Waals surface area contributed by atoms with Gasteiger partial charge in [0.2, 0.25) is 0 Å². The fraction of sp³-hybridized carbons (Fsp3) is 0.929. The summed E-state index contributed by atoms with van der Waals surface area (Å²) in [6.07, 6.45) is 6.06. The van der Waals surface area contributed by atoms with Crippen molar-refractivity contribution >= 4 is 0 Å². The molecule has 0 aromatic heterocycles. The molecule has 0 aliphatic heterocycles. The van der Waals surface area contributed by atoms with E-state index in [2.05, 4.69) is 19.9 Å². The van der Waals surface area contributed by atoms with Gasteiger partial charge in [0, 0.05) is 19.1 Å². The lowest BCUT2D eigenvalue weighted by Crippen LogP contribution is -1.88. The minimum absolute atomic E-state index is 0.292. The minimum Gasteiger partial charge on any atom is -0.396 e. The third-order valence-corrected chi connectivity index (χ3v) is 2.19. The van der Waals surface area contributed by atoms with Crippen LogP contribution in [0, 0.1) is 17.2 Å². The molecule has 0 bridgehead atoms. The maximum atomic E-state index is 8.28. The van der Waals surface area contributed by atoms with Gasteiger partial charge in [-0.3, -0.25) is 0 Å². The zero-order valence-corrected chi connectivity index (χ0v) is 12.1. The third-order valence-electron chi connectivity index (χ3n) is 2.19. The van der Waals surface area contributed by atoms with Crippen LogP contribution < -0.4 is 0 Å². The molecule has 0 aliphatic rings. The zero-order chi connectivity index (χ0) is 13.9. The monoisotopic (exact) mass is 245 g/mol. The van der Waals surface area contributed by atoms with Crippen LogP contribution in [0.15, 0.2) is 0 Å². The SMILES string of the molecule is CCC(C#N)CC.CCCCO.CCCCO. The van der Waals surface area contributed by atoms with E-state index in [-0.39, 0.29) is 0 Å². The predicted molar refractivity (Wildman–Crippen MR) is 73.7 cm³/mol. The molecule has 0 unspecified atom stereocenters. The number of rotatable bonds is 6. The summed E-state index contributed by atoms with van der Waals surface area (Å²) in [6.45, 7) is 8.87. The highest BCUT2D eigenvalue weighted by Gasteiger charge is 1.96. The molecule has 3 heteroatoms. The molecule has 0 aliphatic carbocycles. The van der Waals surface area contributed by atoms with E-state index in [1.54, 1.807) is 0 Å². The Balaban J connectivity index is -0.000000177. The van der Waals surface area contributed by atoms with Crippen molar-refractivity contribution in [1.82, 2.24) is 0 Å². The molecule has 0 atom stereocenters. The molecule has 0 fully saturated rings. The van der Waals surface area contributed by atoms with E-state index in [1.165, 1.54) is 0 Å². The normalized spacial score (nSPS) is 8.59. The summed E-state index contributed by atoms with van der Waals surface area (Å²) in [5.74, 6) is 0.292. The van der Waals surface area contributed by atoms with Crippen molar-refractivity contribution in [2.45, 2.75) is 66.2 Å². The van der Waals surface area contributed by atoms with Crippen molar-refractivity contribution in [2.75, 3.05) is 13.2 Å². The van der Waals surface area contributed by atoms with Gasteiger partial charge in [0.25, 0.3) is 0 Å². The predicted octanol–water partition coefficient (Wildman–Crippen LogP) is 3.50. The molecule has 0 rings (SSSR count). The van der Waals surface area contributed by atoms with Gasteiger partial charge in [0.05, 0.1) is 6.07 Å². The second-order valence-corrected chi connectivity index (χ2v) is 3.80. The van der Waals surface area contributed by atoms with Gasteiger partial charge in [-0.2, -0.15) is 5.26 Å². The van der Waals surface area contributed by atoms with Crippen LogP contribution in [0.1, 0.15) is 66.2 Å². The molecule has 3 nitrogen and oxygen atoms in total. The van der Waals surface area contributed by atoms with E-state index in [0.29, 0.717) is 19.1 Å². The van der Waals surface area contributed by atoms with Crippen LogP contribution >= 0.6 is 0 Å². The van der Waals surface area contributed by atoms with E-state index in [9.17, 15) is 0 Å². The molecule has 2 N–H and O–H groups in total. The van der Waals surface area contributed by atoms with Crippen molar-refractivity contribution in [1.29, 1.82) is 5.26 Å². The van der Waals surface area contributed by atoms with E-state index in [0.717, 1.165) is 38.5 Å². The topological polar surface area (TPSA) is 64.2 Å². The van der Waals surface area contributed by atoms with Crippen molar-refractivity contribution in [2.24, 2.45) is 5.92 Å². The molecular weight excluding hydrogens is 214 g/mol. The molecule has 0 saturated heterocycles. The zero-order valence-electron chi connectivity index (χ0n) is 12.1. The maximum absolute atomic E-state index is 8.28. The third kappa shape index (κ3) is 31.3. The highest BCUT2D eigenvalue weighted by Crippen LogP contribution is 2.03. The lowest BCUT2D eigenvalue weighted by atomic mass is 10.1. The average molecular weight is 245 g/mol. The lowest BCUT2D eigenvalue weighted by molar-refractivity contribution is 0.286. The van der Waals surface area contributed by atoms with Gasteiger partial charge < -0.3 is 10.2 Å². The van der Waals surface area contributed by atoms with Crippen LogP contribution in [-0.4, -0.2) is 23.4 Å². The fourth-order valence-electron chi connectivity index (χ4n) is 0.787. The summed E-state index contributed by atoms with van der Waals surface area (Å²) >= 11 is 0. The van der Waals surface area contributed by atoms with Gasteiger partial charge in [0.1, 0.15) is 0 Å². The Morgan fingerprint density at radius 1 is 0.882 bits per heavy atom. The number of aliphatic hydroxyl groups excluding tert-OH is 2. The first-order valence-electron chi connectivity index (χ1n) is 6.79. The molecule has 0 radical (unpaired) electrons. The highest BCUT2D eigenvalue weighted by atomic mass is 16.3. The lowest BCUT2D eigenvalue weighted by Gasteiger charge is -1.95. The Labute approximate surface area is 107 Å². The Morgan fingerprint density at radius 2 is 1.24 bits per heavy atom. The number of unbranched alkanes of at least 4 members (excludes halogenated alkanes) is 2. The number of hydrogen-bond acceptors (Lipinski definition) is 3. The van der Waals surface area contributed by atoms with E-state index < -0.39 is 0 Å². The Hall–Kier alpha value is -0.590. The second-order valence-electron chi connectivity index (χ2n) is 3.80. The Bertz CT molecular complexity index is 130. The quantitative estimate of drug-likeness (QED) is 0.752. The van der Waals surface area contributed by atoms with Gasteiger partial charge in [-0.05, 0) is 25.7 Å². The summed E-state index contributed by atoms with van der Waals surface area (Å²) in [6, 6.07) is 2.20. The molecule has 104 valence electrons. The van der Waals surface area contributed by atoms with Crippen LogP contribution in [0.2, 0.25) is 0 Å². The van der Waals surface area contributed by atoms with Gasteiger partial charge in [-0.25, -0.2) is 0 Å². The van der Waals surface area contributed by atoms with Gasteiger partial charge in [0.15, 0.2) is 0 Å². The van der Waals surface area contributed by atoms with Crippen LogP contribution in [0.25, 0.3) is 0 Å². The van der Waals surface area contributed by atoms with Crippen LogP contribution in [0.5, 0.6) is 0 Å². The maximum Gasteiger partial charge on any atom is 0.0655 e. The number of aliphatic hydroxyl groups is 2. The van der Waals surface area contributed by atoms with Crippen molar-refractivity contribution in [3.63, 3.8) is 0 Å². The molecule has 0 saturated carbocycles. The Kier molecular flexibility index (Phi) is 31.3. The molecule has 0 spiro atoms. The smallest absolute Gasteiger partial charge is 0.0655 e. The van der Waals surface area contributed by atoms with Crippen molar-refractivity contribution < 1.29 is 10.2 Å². The van der Waals surface area contributed by atoms with E-state index >= 15 is 0 Å². The first-order valence-corrected chi connectivity index (χ1v) is 6.79. The fourth-order valence-corrected chi connectivity index (χ4v) is 0.787. The number of hydrogen-bond donors (Lipinski definition) is 2. The summed E-state index contributed by atoms with van der Waals surface area (Å²) in [4.78, 5) is 0. The van der Waals surface area contributed by atoms with E-state index in [4.69, 9.17) is 15.5 Å². The number of nitrogens with zero attached hydrogens (tertiary/aromatic N) is 1. The van der Waals surface area contributed by atoms with E-state index in [1.807, 2.05) is 13.8 Å². The van der Waals surface area contributed by atoms with Crippen LogP contribution in [0.4, 0.5) is 0 Å². The highest BCUT2D eigenvalue weighted by molar-refractivity contribution is 4.79. The van der Waals surface area contributed by atoms with Crippen molar-refractivity contribution in [3.8, 4) is 6.07 Å². The van der Waals surface area contributed by atoms with Gasteiger partial charge >= 0.3 is 0 Å². The Morgan fingerprint density at radius 3 is 1.24 bits per heavy atom.